The fourth-order valence-electron chi connectivity index (χ4n) is 3.15. The monoisotopic (exact) mass is 307 g/mol. The molecule has 2 saturated heterocycles. The van der Waals surface area contributed by atoms with Crippen LogP contribution in [0.2, 0.25) is 0 Å². The van der Waals surface area contributed by atoms with Gasteiger partial charge >= 0.3 is 0 Å². The van der Waals surface area contributed by atoms with Gasteiger partial charge in [0.2, 0.25) is 5.91 Å². The summed E-state index contributed by atoms with van der Waals surface area (Å²) < 4.78 is 18.7. The summed E-state index contributed by atoms with van der Waals surface area (Å²) in [6, 6.07) is 4.99. The normalized spacial score (nSPS) is 22.0. The maximum Gasteiger partial charge on any atom is 0.239 e. The van der Waals surface area contributed by atoms with Crippen LogP contribution in [0.1, 0.15) is 12.8 Å². The average Bonchev–Trinajstić information content (AvgIpc) is 3.09. The van der Waals surface area contributed by atoms with Crippen LogP contribution < -0.4 is 15.0 Å². The highest BCUT2D eigenvalue weighted by Crippen LogP contribution is 2.24. The molecule has 0 bridgehead atoms. The van der Waals surface area contributed by atoms with Gasteiger partial charge in [-0.3, -0.25) is 4.79 Å². The van der Waals surface area contributed by atoms with Gasteiger partial charge in [-0.05, 0) is 31.5 Å². The summed E-state index contributed by atoms with van der Waals surface area (Å²) in [6.45, 7) is 3.76. The molecule has 2 aliphatic heterocycles. The fourth-order valence-corrected chi connectivity index (χ4v) is 3.15. The summed E-state index contributed by atoms with van der Waals surface area (Å²) in [5, 5.41) is 3.25. The predicted molar refractivity (Wildman–Crippen MR) is 82.8 cm³/mol. The Morgan fingerprint density at radius 3 is 2.68 bits per heavy atom. The Morgan fingerprint density at radius 1 is 1.32 bits per heavy atom. The number of anilines is 1. The van der Waals surface area contributed by atoms with Crippen LogP contribution in [0.5, 0.6) is 5.75 Å². The van der Waals surface area contributed by atoms with Crippen LogP contribution in [-0.4, -0.2) is 56.7 Å². The number of hydrogen-bond acceptors (Lipinski definition) is 4. The van der Waals surface area contributed by atoms with Crippen molar-refractivity contribution in [1.29, 1.82) is 0 Å². The first-order valence-corrected chi connectivity index (χ1v) is 7.79. The lowest BCUT2D eigenvalue weighted by Crippen LogP contribution is -2.53. The van der Waals surface area contributed by atoms with E-state index in [-0.39, 0.29) is 23.5 Å². The second-order valence-electron chi connectivity index (χ2n) is 5.78. The lowest BCUT2D eigenvalue weighted by Gasteiger charge is -2.37. The molecule has 6 heteroatoms. The minimum Gasteiger partial charge on any atom is -0.494 e. The number of benzene rings is 1. The molecule has 0 spiro atoms. The van der Waals surface area contributed by atoms with Gasteiger partial charge in [0.1, 0.15) is 0 Å². The third-order valence-electron chi connectivity index (χ3n) is 4.45. The number of ether oxygens (including phenoxy) is 1. The van der Waals surface area contributed by atoms with E-state index >= 15 is 0 Å². The van der Waals surface area contributed by atoms with Crippen molar-refractivity contribution in [3.05, 3.63) is 24.0 Å². The number of rotatable bonds is 3. The number of amides is 1. The molecule has 0 saturated carbocycles. The number of hydrogen-bond donors (Lipinski definition) is 1. The Balaban J connectivity index is 1.59. The van der Waals surface area contributed by atoms with Gasteiger partial charge in [-0.2, -0.15) is 0 Å². The number of carbonyl (C=O) groups is 1. The van der Waals surface area contributed by atoms with E-state index in [4.69, 9.17) is 4.74 Å². The van der Waals surface area contributed by atoms with Crippen molar-refractivity contribution in [3.8, 4) is 5.75 Å². The summed E-state index contributed by atoms with van der Waals surface area (Å²) in [6.07, 6.45) is 2.00. The van der Waals surface area contributed by atoms with Gasteiger partial charge in [0.25, 0.3) is 0 Å². The van der Waals surface area contributed by atoms with Gasteiger partial charge in [0.15, 0.2) is 11.6 Å². The van der Waals surface area contributed by atoms with Crippen LogP contribution in [0.15, 0.2) is 18.2 Å². The molecule has 1 atom stereocenters. The molecule has 0 aliphatic carbocycles. The maximum atomic E-state index is 13.8. The zero-order chi connectivity index (χ0) is 15.5. The van der Waals surface area contributed by atoms with Crippen LogP contribution in [0.25, 0.3) is 0 Å². The lowest BCUT2D eigenvalue weighted by atomic mass is 10.1. The number of piperazine rings is 1. The third-order valence-corrected chi connectivity index (χ3v) is 4.45. The highest BCUT2D eigenvalue weighted by molar-refractivity contribution is 5.82. The second-order valence-corrected chi connectivity index (χ2v) is 5.78. The van der Waals surface area contributed by atoms with Gasteiger partial charge in [0.05, 0.1) is 13.2 Å². The van der Waals surface area contributed by atoms with Crippen molar-refractivity contribution in [2.45, 2.75) is 18.9 Å². The highest BCUT2D eigenvalue weighted by atomic mass is 19.1. The summed E-state index contributed by atoms with van der Waals surface area (Å²) in [7, 11) is 1.46. The number of methoxy groups -OCH3 is 1. The van der Waals surface area contributed by atoms with Gasteiger partial charge in [0, 0.05) is 37.9 Å². The number of halogens is 1. The minimum absolute atomic E-state index is 0.00928. The van der Waals surface area contributed by atoms with Crippen LogP contribution >= 0.6 is 0 Å². The minimum atomic E-state index is -0.353. The first kappa shape index (κ1) is 15.1. The van der Waals surface area contributed by atoms with Crippen molar-refractivity contribution in [2.75, 3.05) is 44.7 Å². The number of carbonyl (C=O) groups excluding carboxylic acids is 1. The SMILES string of the molecule is COc1ccc(N2CCN(C(=O)C3CCCN3)CC2)cc1F. The van der Waals surface area contributed by atoms with Crippen LogP contribution in [0.3, 0.4) is 0 Å². The Labute approximate surface area is 130 Å². The third kappa shape index (κ3) is 3.02. The van der Waals surface area contributed by atoms with E-state index in [1.807, 2.05) is 11.0 Å². The molecule has 5 nitrogen and oxygen atoms in total. The zero-order valence-corrected chi connectivity index (χ0v) is 12.8. The maximum absolute atomic E-state index is 13.8. The van der Waals surface area contributed by atoms with Gasteiger partial charge < -0.3 is 19.9 Å². The average molecular weight is 307 g/mol. The Kier molecular flexibility index (Phi) is 4.47. The van der Waals surface area contributed by atoms with Gasteiger partial charge in [-0.1, -0.05) is 0 Å². The standard InChI is InChI=1S/C16H22FN3O2/c1-22-15-5-4-12(11-13(15)17)19-7-9-20(10-8-19)16(21)14-3-2-6-18-14/h4-5,11,14,18H,2-3,6-10H2,1H3. The van der Waals surface area contributed by atoms with Crippen molar-refractivity contribution < 1.29 is 13.9 Å². The fraction of sp³-hybridized carbons (Fsp3) is 0.562. The van der Waals surface area contributed by atoms with E-state index in [0.29, 0.717) is 13.1 Å². The molecule has 2 aliphatic rings. The molecular formula is C16H22FN3O2. The number of nitrogens with one attached hydrogen (secondary N) is 1. The summed E-state index contributed by atoms with van der Waals surface area (Å²) in [4.78, 5) is 16.4. The molecule has 3 rings (SSSR count). The summed E-state index contributed by atoms with van der Waals surface area (Å²) in [5.74, 6) is 0.108. The van der Waals surface area contributed by atoms with Crippen molar-refractivity contribution in [1.82, 2.24) is 10.2 Å². The van der Waals surface area contributed by atoms with E-state index in [9.17, 15) is 9.18 Å². The zero-order valence-electron chi connectivity index (χ0n) is 12.8. The molecule has 120 valence electrons. The molecule has 1 aromatic rings. The van der Waals surface area contributed by atoms with E-state index in [2.05, 4.69) is 10.2 Å². The molecule has 2 fully saturated rings. The van der Waals surface area contributed by atoms with Crippen molar-refractivity contribution >= 4 is 11.6 Å². The number of nitrogens with zero attached hydrogens (tertiary/aromatic N) is 2. The smallest absolute Gasteiger partial charge is 0.239 e. The largest absolute Gasteiger partial charge is 0.494 e. The molecule has 0 aromatic heterocycles. The van der Waals surface area contributed by atoms with Crippen molar-refractivity contribution in [3.63, 3.8) is 0 Å². The lowest BCUT2D eigenvalue weighted by molar-refractivity contribution is -0.133. The van der Waals surface area contributed by atoms with Crippen LogP contribution in [0, 0.1) is 5.82 Å². The molecule has 1 aromatic carbocycles. The Bertz CT molecular complexity index is 538. The van der Waals surface area contributed by atoms with E-state index in [0.717, 1.165) is 38.2 Å². The summed E-state index contributed by atoms with van der Waals surface area (Å²) >= 11 is 0. The Morgan fingerprint density at radius 2 is 2.09 bits per heavy atom. The predicted octanol–water partition coefficient (Wildman–Crippen LogP) is 1.23. The molecule has 1 amide bonds. The summed E-state index contributed by atoms with van der Waals surface area (Å²) in [5.41, 5.74) is 0.837. The van der Waals surface area contributed by atoms with Crippen LogP contribution in [-0.2, 0) is 4.79 Å². The molecular weight excluding hydrogens is 285 g/mol. The molecule has 1 unspecified atom stereocenters. The Hall–Kier alpha value is -1.82. The van der Waals surface area contributed by atoms with E-state index < -0.39 is 0 Å². The van der Waals surface area contributed by atoms with Crippen LogP contribution in [0.4, 0.5) is 10.1 Å². The molecule has 1 N–H and O–H groups in total. The van der Waals surface area contributed by atoms with E-state index in [1.165, 1.54) is 13.2 Å². The van der Waals surface area contributed by atoms with E-state index in [1.54, 1.807) is 6.07 Å². The highest BCUT2D eigenvalue weighted by Gasteiger charge is 2.29. The van der Waals surface area contributed by atoms with Crippen molar-refractivity contribution in [2.24, 2.45) is 0 Å². The first-order chi connectivity index (χ1) is 10.7. The topological polar surface area (TPSA) is 44.8 Å². The molecule has 0 radical (unpaired) electrons. The molecule has 2 heterocycles. The second kappa shape index (κ2) is 6.52. The first-order valence-electron chi connectivity index (χ1n) is 7.79. The van der Waals surface area contributed by atoms with Gasteiger partial charge in [-0.25, -0.2) is 4.39 Å². The molecule has 22 heavy (non-hydrogen) atoms. The quantitative estimate of drug-likeness (QED) is 0.912. The van der Waals surface area contributed by atoms with Gasteiger partial charge in [-0.15, -0.1) is 0 Å².